The molecule has 2 unspecified atom stereocenters. The van der Waals surface area contributed by atoms with Crippen LogP contribution in [-0.2, 0) is 5.41 Å². The molecule has 2 atom stereocenters. The van der Waals surface area contributed by atoms with Crippen LogP contribution in [0.2, 0.25) is 0 Å². The summed E-state index contributed by atoms with van der Waals surface area (Å²) in [5.41, 5.74) is 11.8. The molecule has 1 aliphatic carbocycles. The predicted molar refractivity (Wildman–Crippen MR) is 175 cm³/mol. The number of fused-ring (bicyclic) bond motifs is 7. The van der Waals surface area contributed by atoms with E-state index in [1.807, 2.05) is 0 Å². The van der Waals surface area contributed by atoms with Crippen LogP contribution in [0.15, 0.2) is 115 Å². The molecule has 3 nitrogen and oxygen atoms in total. The van der Waals surface area contributed by atoms with Gasteiger partial charge in [0.05, 0.1) is 5.54 Å². The van der Waals surface area contributed by atoms with Crippen LogP contribution in [0.5, 0.6) is 11.5 Å². The highest BCUT2D eigenvalue weighted by molar-refractivity contribution is 6.99. The number of hydrogen-bond acceptors (Lipinski definition) is 3. The van der Waals surface area contributed by atoms with Crippen molar-refractivity contribution < 1.29 is 4.74 Å². The van der Waals surface area contributed by atoms with Crippen LogP contribution in [-0.4, -0.2) is 12.3 Å². The maximum Gasteiger partial charge on any atom is 0.256 e. The molecule has 42 heavy (non-hydrogen) atoms. The first-order chi connectivity index (χ1) is 20.6. The van der Waals surface area contributed by atoms with Gasteiger partial charge < -0.3 is 14.5 Å². The average molecular weight is 545 g/mol. The fourth-order valence-electron chi connectivity index (χ4n) is 8.70. The van der Waals surface area contributed by atoms with Gasteiger partial charge >= 0.3 is 0 Å². The second-order valence-electron chi connectivity index (χ2n) is 12.8. The summed E-state index contributed by atoms with van der Waals surface area (Å²) in [6.45, 7) is 5.16. The summed E-state index contributed by atoms with van der Waals surface area (Å²) in [7, 11) is 0. The average Bonchev–Trinajstić information content (AvgIpc) is 3.25. The molecule has 204 valence electrons. The van der Waals surface area contributed by atoms with E-state index in [2.05, 4.69) is 139 Å². The topological polar surface area (TPSA) is 15.7 Å². The highest BCUT2D eigenvalue weighted by Crippen LogP contribution is 2.61. The molecule has 1 fully saturated rings. The number of anilines is 5. The molecular formula is C38H33BN2O. The Hall–Kier alpha value is -4.44. The highest BCUT2D eigenvalue weighted by Gasteiger charge is 2.61. The van der Waals surface area contributed by atoms with Crippen LogP contribution in [0.25, 0.3) is 0 Å². The Labute approximate surface area is 248 Å². The third kappa shape index (κ3) is 3.02. The molecule has 4 heteroatoms. The Kier molecular flexibility index (Phi) is 4.92. The van der Waals surface area contributed by atoms with Crippen molar-refractivity contribution >= 4 is 51.5 Å². The first-order valence-corrected chi connectivity index (χ1v) is 15.4. The Morgan fingerprint density at radius 3 is 2.14 bits per heavy atom. The van der Waals surface area contributed by atoms with E-state index in [1.54, 1.807) is 0 Å². The number of ether oxygens (including phenoxy) is 1. The summed E-state index contributed by atoms with van der Waals surface area (Å²) in [6, 6.07) is 41.9. The van der Waals surface area contributed by atoms with E-state index in [1.165, 1.54) is 59.0 Å². The van der Waals surface area contributed by atoms with Gasteiger partial charge in [-0.2, -0.15) is 0 Å². The lowest BCUT2D eigenvalue weighted by atomic mass is 9.34. The van der Waals surface area contributed by atoms with Crippen molar-refractivity contribution in [2.75, 3.05) is 9.80 Å². The number of rotatable bonds is 3. The molecule has 9 rings (SSSR count). The van der Waals surface area contributed by atoms with Crippen molar-refractivity contribution in [2.45, 2.75) is 50.5 Å². The normalized spacial score (nSPS) is 22.4. The number of benzene rings is 5. The van der Waals surface area contributed by atoms with Crippen LogP contribution in [0, 0.1) is 0 Å². The SMILES string of the molecule is CC12CCCCC1(C)N1c3cccc4c3B(c3cc(N(c5ccccc5)c5ccccc5)ccc3O4)c3cccc2c31. The Balaban J connectivity index is 1.29. The van der Waals surface area contributed by atoms with Gasteiger partial charge in [0.25, 0.3) is 6.71 Å². The van der Waals surface area contributed by atoms with Crippen molar-refractivity contribution in [1.29, 1.82) is 0 Å². The van der Waals surface area contributed by atoms with E-state index < -0.39 is 0 Å². The molecule has 0 amide bonds. The smallest absolute Gasteiger partial charge is 0.256 e. The van der Waals surface area contributed by atoms with Gasteiger partial charge in [0.1, 0.15) is 11.5 Å². The molecule has 1 saturated carbocycles. The van der Waals surface area contributed by atoms with E-state index in [0.29, 0.717) is 0 Å². The summed E-state index contributed by atoms with van der Waals surface area (Å²) in [5.74, 6) is 1.94. The van der Waals surface area contributed by atoms with Gasteiger partial charge in [-0.05, 0) is 96.3 Å². The van der Waals surface area contributed by atoms with E-state index >= 15 is 0 Å². The first-order valence-electron chi connectivity index (χ1n) is 15.4. The molecule has 3 heterocycles. The molecule has 0 spiro atoms. The fraction of sp³-hybridized carbons (Fsp3) is 0.211. The number of nitrogens with zero attached hydrogens (tertiary/aromatic N) is 2. The summed E-state index contributed by atoms with van der Waals surface area (Å²) in [4.78, 5) is 5.08. The zero-order valence-electron chi connectivity index (χ0n) is 24.2. The number of hydrogen-bond donors (Lipinski definition) is 0. The van der Waals surface area contributed by atoms with E-state index in [-0.39, 0.29) is 17.7 Å². The second-order valence-corrected chi connectivity index (χ2v) is 12.8. The Morgan fingerprint density at radius 2 is 1.38 bits per heavy atom. The number of para-hydroxylation sites is 3. The third-order valence-corrected chi connectivity index (χ3v) is 10.9. The van der Waals surface area contributed by atoms with E-state index in [4.69, 9.17) is 4.74 Å². The van der Waals surface area contributed by atoms with Gasteiger partial charge in [-0.3, -0.25) is 0 Å². The van der Waals surface area contributed by atoms with Crippen molar-refractivity contribution in [3.63, 3.8) is 0 Å². The molecule has 5 aromatic rings. The quantitative estimate of drug-likeness (QED) is 0.211. The van der Waals surface area contributed by atoms with Crippen LogP contribution in [0.4, 0.5) is 28.4 Å². The zero-order valence-corrected chi connectivity index (χ0v) is 24.2. The van der Waals surface area contributed by atoms with Crippen molar-refractivity contribution in [2.24, 2.45) is 0 Å². The maximum atomic E-state index is 6.74. The van der Waals surface area contributed by atoms with Crippen molar-refractivity contribution in [3.8, 4) is 11.5 Å². The van der Waals surface area contributed by atoms with Gasteiger partial charge in [0.15, 0.2) is 0 Å². The zero-order chi connectivity index (χ0) is 28.1. The minimum atomic E-state index is 0.0450. The van der Waals surface area contributed by atoms with Gasteiger partial charge in [-0.1, -0.05) is 80.4 Å². The largest absolute Gasteiger partial charge is 0.458 e. The molecule has 0 bridgehead atoms. The summed E-state index contributed by atoms with van der Waals surface area (Å²) >= 11 is 0. The molecular weight excluding hydrogens is 511 g/mol. The van der Waals surface area contributed by atoms with Crippen LogP contribution >= 0.6 is 0 Å². The molecule has 5 aromatic carbocycles. The molecule has 4 aliphatic rings. The summed E-state index contributed by atoms with van der Waals surface area (Å²) in [5, 5.41) is 0. The predicted octanol–water partition coefficient (Wildman–Crippen LogP) is 7.83. The molecule has 0 radical (unpaired) electrons. The molecule has 0 aromatic heterocycles. The second kappa shape index (κ2) is 8.55. The molecule has 0 saturated heterocycles. The minimum absolute atomic E-state index is 0.0450. The van der Waals surface area contributed by atoms with Crippen LogP contribution in [0.3, 0.4) is 0 Å². The standard InChI is InChI=1S/C38H33BN2O/c1-37-23-9-10-24-38(37,2)41-32-19-12-20-34-35(32)39(30-18-11-17-29(37)36(30)41)31-25-28(21-22-33(31)42-34)40(26-13-5-3-6-14-26)27-15-7-4-8-16-27/h3-8,11-22,25H,9-10,23-24H2,1-2H3. The highest BCUT2D eigenvalue weighted by atomic mass is 16.5. The van der Waals surface area contributed by atoms with E-state index in [0.717, 1.165) is 28.6 Å². The van der Waals surface area contributed by atoms with Crippen molar-refractivity contribution in [1.82, 2.24) is 0 Å². The lowest BCUT2D eigenvalue weighted by Gasteiger charge is -2.52. The van der Waals surface area contributed by atoms with Crippen molar-refractivity contribution in [3.05, 3.63) is 121 Å². The first kappa shape index (κ1) is 24.2. The van der Waals surface area contributed by atoms with Crippen LogP contribution in [0.1, 0.15) is 45.1 Å². The fourth-order valence-corrected chi connectivity index (χ4v) is 8.70. The minimum Gasteiger partial charge on any atom is -0.458 e. The van der Waals surface area contributed by atoms with Gasteiger partial charge in [0.2, 0.25) is 0 Å². The van der Waals surface area contributed by atoms with Gasteiger partial charge in [0, 0.05) is 33.9 Å². The van der Waals surface area contributed by atoms with Gasteiger partial charge in [-0.15, -0.1) is 0 Å². The molecule has 3 aliphatic heterocycles. The lowest BCUT2D eigenvalue weighted by molar-refractivity contribution is 0.195. The monoisotopic (exact) mass is 544 g/mol. The van der Waals surface area contributed by atoms with Crippen LogP contribution < -0.4 is 30.9 Å². The lowest BCUT2D eigenvalue weighted by Crippen LogP contribution is -2.63. The Morgan fingerprint density at radius 1 is 0.667 bits per heavy atom. The Bertz CT molecular complexity index is 1830. The van der Waals surface area contributed by atoms with E-state index in [9.17, 15) is 0 Å². The maximum absolute atomic E-state index is 6.74. The molecule has 0 N–H and O–H groups in total. The third-order valence-electron chi connectivity index (χ3n) is 10.9. The summed E-state index contributed by atoms with van der Waals surface area (Å²) in [6.07, 6.45) is 5.01. The summed E-state index contributed by atoms with van der Waals surface area (Å²) < 4.78 is 6.74. The van der Waals surface area contributed by atoms with Gasteiger partial charge in [-0.25, -0.2) is 0 Å².